The Morgan fingerprint density at radius 1 is 0.971 bits per heavy atom. The van der Waals surface area contributed by atoms with Crippen molar-refractivity contribution >= 4 is 18.0 Å². The van der Waals surface area contributed by atoms with Gasteiger partial charge in [-0.3, -0.25) is 4.79 Å². The molecule has 9 heteroatoms. The summed E-state index contributed by atoms with van der Waals surface area (Å²) in [6, 6.07) is 16.0. The monoisotopic (exact) mass is 472 g/mol. The molecule has 1 saturated carbocycles. The minimum absolute atomic E-state index is 0.0703. The van der Waals surface area contributed by atoms with Crippen LogP contribution in [0.25, 0.3) is 11.1 Å². The van der Waals surface area contributed by atoms with Crippen LogP contribution in [-0.4, -0.2) is 48.7 Å². The van der Waals surface area contributed by atoms with Gasteiger partial charge in [0.05, 0.1) is 6.54 Å². The molecule has 2 aromatic carbocycles. The molecule has 2 atom stereocenters. The molecule has 2 amide bonds. The number of hydrogen-bond acceptors (Lipinski definition) is 4. The van der Waals surface area contributed by atoms with Crippen molar-refractivity contribution in [1.29, 1.82) is 0 Å². The SMILES string of the molecule is O=C(NC[C@H]1CCC[C@H]1C(=O)NCC(F)(F)C(=O)O)OCC1c2ccccc2-c2ccccc21. The second kappa shape index (κ2) is 9.79. The Hall–Kier alpha value is -3.49. The highest BCUT2D eigenvalue weighted by Crippen LogP contribution is 2.44. The largest absolute Gasteiger partial charge is 0.477 e. The number of rotatable bonds is 8. The van der Waals surface area contributed by atoms with Crippen LogP contribution in [0.1, 0.15) is 36.3 Å². The number of aliphatic carboxylic acids is 1. The van der Waals surface area contributed by atoms with Crippen LogP contribution < -0.4 is 10.6 Å². The summed E-state index contributed by atoms with van der Waals surface area (Å²) in [6.07, 6.45) is 1.24. The smallest absolute Gasteiger partial charge is 0.407 e. The molecule has 0 radical (unpaired) electrons. The van der Waals surface area contributed by atoms with Gasteiger partial charge in [-0.05, 0) is 41.0 Å². The van der Waals surface area contributed by atoms with E-state index in [-0.39, 0.29) is 25.0 Å². The zero-order chi connectivity index (χ0) is 24.3. The van der Waals surface area contributed by atoms with Gasteiger partial charge in [0.25, 0.3) is 0 Å². The van der Waals surface area contributed by atoms with Crippen molar-refractivity contribution in [3.8, 4) is 11.1 Å². The summed E-state index contributed by atoms with van der Waals surface area (Å²) in [6.45, 7) is -0.924. The second-order valence-corrected chi connectivity index (χ2v) is 8.73. The lowest BCUT2D eigenvalue weighted by Gasteiger charge is -2.21. The maximum Gasteiger partial charge on any atom is 0.407 e. The highest BCUT2D eigenvalue weighted by atomic mass is 19.3. The standard InChI is InChI=1S/C25H26F2N2O5/c26-25(27,23(31)32)14-29-22(30)16-11-5-6-15(16)12-28-24(33)34-13-21-19-9-3-1-7-17(19)18-8-2-4-10-20(18)21/h1-4,7-10,15-16,21H,5-6,11-14H2,(H,28,33)(H,29,30)(H,31,32)/t15-,16-/m1/s1. The highest BCUT2D eigenvalue weighted by molar-refractivity contribution is 5.82. The quantitative estimate of drug-likeness (QED) is 0.543. The first kappa shape index (κ1) is 23.7. The average Bonchev–Trinajstić information content (AvgIpc) is 3.42. The minimum atomic E-state index is -4.02. The van der Waals surface area contributed by atoms with Crippen molar-refractivity contribution in [1.82, 2.24) is 10.6 Å². The third-order valence-electron chi connectivity index (χ3n) is 6.65. The minimum Gasteiger partial charge on any atom is -0.477 e. The van der Waals surface area contributed by atoms with Crippen molar-refractivity contribution in [2.45, 2.75) is 31.1 Å². The van der Waals surface area contributed by atoms with E-state index in [2.05, 4.69) is 5.32 Å². The number of nitrogens with one attached hydrogen (secondary N) is 2. The number of benzene rings is 2. The Morgan fingerprint density at radius 2 is 1.59 bits per heavy atom. The Morgan fingerprint density at radius 3 is 2.21 bits per heavy atom. The molecule has 0 unspecified atom stereocenters. The Kier molecular flexibility index (Phi) is 6.81. The second-order valence-electron chi connectivity index (χ2n) is 8.73. The number of hydrogen-bond donors (Lipinski definition) is 3. The van der Waals surface area contributed by atoms with Gasteiger partial charge in [0.2, 0.25) is 5.91 Å². The molecule has 3 N–H and O–H groups in total. The number of carboxylic acid groups (broad SMARTS) is 1. The van der Waals surface area contributed by atoms with Crippen molar-refractivity contribution in [3.63, 3.8) is 0 Å². The molecular weight excluding hydrogens is 446 g/mol. The maximum atomic E-state index is 13.3. The van der Waals surface area contributed by atoms with E-state index in [0.29, 0.717) is 19.3 Å². The van der Waals surface area contributed by atoms with Crippen LogP contribution in [0.15, 0.2) is 48.5 Å². The Balaban J connectivity index is 1.29. The number of carboxylic acids is 1. The number of alkyl halides is 2. The van der Waals surface area contributed by atoms with Crippen LogP contribution in [0.5, 0.6) is 0 Å². The molecule has 0 saturated heterocycles. The molecule has 180 valence electrons. The van der Waals surface area contributed by atoms with E-state index in [1.54, 1.807) is 0 Å². The Bertz CT molecular complexity index is 1040. The number of fused-ring (bicyclic) bond motifs is 3. The molecule has 0 spiro atoms. The van der Waals surface area contributed by atoms with E-state index in [4.69, 9.17) is 9.84 Å². The van der Waals surface area contributed by atoms with Gasteiger partial charge in [-0.25, -0.2) is 9.59 Å². The van der Waals surface area contributed by atoms with Crippen LogP contribution in [0.4, 0.5) is 13.6 Å². The van der Waals surface area contributed by atoms with E-state index in [0.717, 1.165) is 22.3 Å². The van der Waals surface area contributed by atoms with E-state index in [1.165, 1.54) is 0 Å². The average molecular weight is 472 g/mol. The summed E-state index contributed by atoms with van der Waals surface area (Å²) in [5.74, 6) is -7.81. The fourth-order valence-corrected chi connectivity index (χ4v) is 4.90. The van der Waals surface area contributed by atoms with Gasteiger partial charge in [-0.1, -0.05) is 55.0 Å². The fraction of sp³-hybridized carbons (Fsp3) is 0.400. The number of halogens is 2. The van der Waals surface area contributed by atoms with Gasteiger partial charge < -0.3 is 20.5 Å². The molecule has 0 aliphatic heterocycles. The van der Waals surface area contributed by atoms with Crippen LogP contribution in [-0.2, 0) is 14.3 Å². The molecule has 2 aliphatic carbocycles. The maximum absolute atomic E-state index is 13.3. The normalized spacial score (nSPS) is 19.2. The van der Waals surface area contributed by atoms with E-state index in [1.807, 2.05) is 53.8 Å². The van der Waals surface area contributed by atoms with E-state index < -0.39 is 36.4 Å². The van der Waals surface area contributed by atoms with Crippen LogP contribution in [0.3, 0.4) is 0 Å². The molecule has 1 fully saturated rings. The predicted molar refractivity (Wildman–Crippen MR) is 119 cm³/mol. The zero-order valence-corrected chi connectivity index (χ0v) is 18.4. The summed E-state index contributed by atoms with van der Waals surface area (Å²) >= 11 is 0. The molecular formula is C25H26F2N2O5. The first-order valence-corrected chi connectivity index (χ1v) is 11.3. The lowest BCUT2D eigenvalue weighted by atomic mass is 9.95. The van der Waals surface area contributed by atoms with Crippen molar-refractivity contribution in [3.05, 3.63) is 59.7 Å². The molecule has 4 rings (SSSR count). The zero-order valence-electron chi connectivity index (χ0n) is 18.4. The first-order valence-electron chi connectivity index (χ1n) is 11.3. The van der Waals surface area contributed by atoms with Crippen LogP contribution in [0.2, 0.25) is 0 Å². The third kappa shape index (κ3) is 4.88. The number of carbonyl (C=O) groups excluding carboxylic acids is 2. The van der Waals surface area contributed by atoms with E-state index in [9.17, 15) is 23.2 Å². The van der Waals surface area contributed by atoms with Gasteiger partial charge in [-0.15, -0.1) is 0 Å². The summed E-state index contributed by atoms with van der Waals surface area (Å²) in [7, 11) is 0. The summed E-state index contributed by atoms with van der Waals surface area (Å²) in [4.78, 5) is 35.2. The third-order valence-corrected chi connectivity index (χ3v) is 6.65. The summed E-state index contributed by atoms with van der Waals surface area (Å²) in [5.41, 5.74) is 4.45. The number of alkyl carbamates (subject to hydrolysis) is 1. The highest BCUT2D eigenvalue weighted by Gasteiger charge is 2.41. The number of ether oxygens (including phenoxy) is 1. The molecule has 34 heavy (non-hydrogen) atoms. The van der Waals surface area contributed by atoms with Crippen molar-refractivity contribution in [2.24, 2.45) is 11.8 Å². The van der Waals surface area contributed by atoms with Crippen molar-refractivity contribution < 1.29 is 33.0 Å². The lowest BCUT2D eigenvalue weighted by Crippen LogP contribution is -2.45. The number of amides is 2. The summed E-state index contributed by atoms with van der Waals surface area (Å²) < 4.78 is 32.0. The molecule has 7 nitrogen and oxygen atoms in total. The molecule has 0 bridgehead atoms. The summed E-state index contributed by atoms with van der Waals surface area (Å²) in [5, 5.41) is 13.2. The van der Waals surface area contributed by atoms with Gasteiger partial charge in [0.15, 0.2) is 0 Å². The van der Waals surface area contributed by atoms with Gasteiger partial charge in [-0.2, -0.15) is 8.78 Å². The number of carbonyl (C=O) groups is 3. The fourth-order valence-electron chi connectivity index (χ4n) is 4.90. The molecule has 0 aromatic heterocycles. The molecule has 2 aromatic rings. The lowest BCUT2D eigenvalue weighted by molar-refractivity contribution is -0.164. The first-order chi connectivity index (χ1) is 16.3. The topological polar surface area (TPSA) is 105 Å². The molecule has 0 heterocycles. The van der Waals surface area contributed by atoms with E-state index >= 15 is 0 Å². The van der Waals surface area contributed by atoms with Gasteiger partial charge in [0, 0.05) is 18.4 Å². The van der Waals surface area contributed by atoms with Gasteiger partial charge >= 0.3 is 18.0 Å². The predicted octanol–water partition coefficient (Wildman–Crippen LogP) is 3.78. The Labute approximate surface area is 195 Å². The van der Waals surface area contributed by atoms with Crippen molar-refractivity contribution in [2.75, 3.05) is 19.7 Å². The van der Waals surface area contributed by atoms with Crippen LogP contribution >= 0.6 is 0 Å². The van der Waals surface area contributed by atoms with Gasteiger partial charge in [0.1, 0.15) is 6.61 Å². The molecule has 2 aliphatic rings. The van der Waals surface area contributed by atoms with Crippen LogP contribution in [0, 0.1) is 11.8 Å².